The van der Waals surface area contributed by atoms with Crippen LogP contribution in [0, 0.1) is 0 Å². The zero-order valence-electron chi connectivity index (χ0n) is 14.7. The fraction of sp³-hybridized carbons (Fsp3) is 0.500. The highest BCUT2D eigenvalue weighted by Crippen LogP contribution is 2.25. The Labute approximate surface area is 148 Å². The highest BCUT2D eigenvalue weighted by Gasteiger charge is 2.21. The van der Waals surface area contributed by atoms with E-state index < -0.39 is 0 Å². The maximum absolute atomic E-state index is 9.37. The normalized spacial score (nSPS) is 14.5. The van der Waals surface area contributed by atoms with Crippen LogP contribution < -0.4 is 27.9 Å². The lowest BCUT2D eigenvalue weighted by Crippen LogP contribution is -2.47. The molecule has 0 aromatic carbocycles. The topological polar surface area (TPSA) is 151 Å². The van der Waals surface area contributed by atoms with E-state index >= 15 is 0 Å². The van der Waals surface area contributed by atoms with Crippen molar-refractivity contribution in [2.45, 2.75) is 39.0 Å². The van der Waals surface area contributed by atoms with Gasteiger partial charge in [0.2, 0.25) is 5.95 Å². The average Bonchev–Trinajstić information content (AvgIpc) is 2.53. The summed E-state index contributed by atoms with van der Waals surface area (Å²) in [6, 6.07) is 0. The molecule has 0 unspecified atom stereocenters. The monoisotopic (exact) mass is 348 g/mol. The van der Waals surface area contributed by atoms with Crippen molar-refractivity contribution >= 4 is 17.6 Å². The number of hydrazine groups is 1. The van der Waals surface area contributed by atoms with Gasteiger partial charge in [-0.3, -0.25) is 10.4 Å². The number of aliphatic hydroxyl groups excluding tert-OH is 1. The Morgan fingerprint density at radius 1 is 1.12 bits per heavy atom. The number of nitrogen functional groups attached to an aromatic ring is 3. The minimum atomic E-state index is 0.0516. The molecule has 2 rings (SSSR count). The van der Waals surface area contributed by atoms with Crippen LogP contribution in [0.5, 0.6) is 0 Å². The molecule has 0 saturated heterocycles. The summed E-state index contributed by atoms with van der Waals surface area (Å²) >= 11 is 0. The van der Waals surface area contributed by atoms with Crippen LogP contribution in [0.4, 0.5) is 17.6 Å². The molecule has 1 aromatic heterocycles. The zero-order chi connectivity index (χ0) is 18.4. The van der Waals surface area contributed by atoms with Gasteiger partial charge >= 0.3 is 0 Å². The van der Waals surface area contributed by atoms with Crippen LogP contribution >= 0.6 is 0 Å². The van der Waals surface area contributed by atoms with Crippen LogP contribution in [-0.2, 0) is 6.42 Å². The molecular formula is C16H28N8O. The molecule has 0 amide bonds. The van der Waals surface area contributed by atoms with Gasteiger partial charge in [0.15, 0.2) is 0 Å². The number of unbranched alkanes of at least 4 members (excludes halogenated alkanes) is 1. The Bertz CT molecular complexity index is 635. The van der Waals surface area contributed by atoms with Crippen LogP contribution in [-0.4, -0.2) is 33.2 Å². The second-order valence-electron chi connectivity index (χ2n) is 5.95. The van der Waals surface area contributed by atoms with Gasteiger partial charge in [0.1, 0.15) is 17.5 Å². The summed E-state index contributed by atoms with van der Waals surface area (Å²) in [5.74, 6) is 1.37. The number of aromatic nitrogens is 2. The Balaban J connectivity index is 2.24. The SMILES string of the molecule is C=C1NC(CCO)=C(CCc2c(N)nc(N)nc2N)N(CCCC)N1. The molecule has 0 atom stereocenters. The molecule has 1 aliphatic rings. The predicted molar refractivity (Wildman–Crippen MR) is 99.3 cm³/mol. The van der Waals surface area contributed by atoms with Crippen molar-refractivity contribution in [2.75, 3.05) is 30.4 Å². The molecule has 138 valence electrons. The Hall–Kier alpha value is -2.68. The van der Waals surface area contributed by atoms with E-state index in [0.717, 1.165) is 30.8 Å². The molecule has 0 spiro atoms. The lowest BCUT2D eigenvalue weighted by atomic mass is 10.1. The lowest BCUT2D eigenvalue weighted by molar-refractivity contribution is 0.226. The molecule has 1 aliphatic heterocycles. The number of nitrogens with one attached hydrogen (secondary N) is 2. The third-order valence-electron chi connectivity index (χ3n) is 4.04. The third kappa shape index (κ3) is 4.66. The van der Waals surface area contributed by atoms with E-state index in [-0.39, 0.29) is 12.6 Å². The molecule has 0 bridgehead atoms. The first-order valence-corrected chi connectivity index (χ1v) is 8.46. The summed E-state index contributed by atoms with van der Waals surface area (Å²) in [5, 5.41) is 14.6. The molecule has 9 heteroatoms. The van der Waals surface area contributed by atoms with Gasteiger partial charge in [-0.1, -0.05) is 19.9 Å². The molecule has 0 radical (unpaired) electrons. The lowest BCUT2D eigenvalue weighted by Gasteiger charge is -2.37. The number of aliphatic hydroxyl groups is 1. The minimum Gasteiger partial charge on any atom is -0.396 e. The van der Waals surface area contributed by atoms with Crippen molar-refractivity contribution in [3.8, 4) is 0 Å². The Morgan fingerprint density at radius 2 is 1.80 bits per heavy atom. The van der Waals surface area contributed by atoms with Gasteiger partial charge in [0, 0.05) is 30.8 Å². The summed E-state index contributed by atoms with van der Waals surface area (Å²) < 4.78 is 0. The second-order valence-corrected chi connectivity index (χ2v) is 5.95. The van der Waals surface area contributed by atoms with Gasteiger partial charge in [0.25, 0.3) is 0 Å². The number of allylic oxidation sites excluding steroid dienone is 1. The minimum absolute atomic E-state index is 0.0516. The van der Waals surface area contributed by atoms with E-state index in [9.17, 15) is 5.11 Å². The number of nitrogens with two attached hydrogens (primary N) is 3. The maximum atomic E-state index is 9.37. The molecule has 25 heavy (non-hydrogen) atoms. The Morgan fingerprint density at radius 3 is 2.40 bits per heavy atom. The van der Waals surface area contributed by atoms with E-state index in [0.29, 0.717) is 42.3 Å². The van der Waals surface area contributed by atoms with E-state index in [1.54, 1.807) is 0 Å². The van der Waals surface area contributed by atoms with Gasteiger partial charge in [-0.15, -0.1) is 0 Å². The summed E-state index contributed by atoms with van der Waals surface area (Å²) in [6.45, 7) is 6.97. The molecule has 9 nitrogen and oxygen atoms in total. The smallest absolute Gasteiger partial charge is 0.223 e. The highest BCUT2D eigenvalue weighted by atomic mass is 16.3. The van der Waals surface area contributed by atoms with Crippen molar-refractivity contribution in [3.05, 3.63) is 29.4 Å². The largest absolute Gasteiger partial charge is 0.396 e. The number of hydrogen-bond donors (Lipinski definition) is 6. The molecule has 2 heterocycles. The van der Waals surface area contributed by atoms with Gasteiger partial charge in [-0.25, -0.2) is 0 Å². The standard InChI is InChI=1S/C16H28N8O/c1-3-4-8-24-13(12(7-9-25)20-10(2)23-24)6-5-11-14(17)21-16(19)22-15(11)18/h20,23,25H,2-9H2,1H3,(H6,17,18,19,21,22). The second kappa shape index (κ2) is 8.43. The third-order valence-corrected chi connectivity index (χ3v) is 4.04. The average molecular weight is 348 g/mol. The van der Waals surface area contributed by atoms with Crippen molar-refractivity contribution < 1.29 is 5.11 Å². The van der Waals surface area contributed by atoms with Crippen molar-refractivity contribution in [1.29, 1.82) is 0 Å². The quantitative estimate of drug-likeness (QED) is 0.393. The Kier molecular flexibility index (Phi) is 6.29. The summed E-state index contributed by atoms with van der Waals surface area (Å²) in [4.78, 5) is 7.97. The zero-order valence-corrected chi connectivity index (χ0v) is 14.7. The maximum Gasteiger partial charge on any atom is 0.223 e. The molecule has 0 fully saturated rings. The first kappa shape index (κ1) is 18.7. The summed E-state index contributed by atoms with van der Waals surface area (Å²) in [7, 11) is 0. The van der Waals surface area contributed by atoms with Crippen LogP contribution in [0.25, 0.3) is 0 Å². The first-order chi connectivity index (χ1) is 12.0. The summed E-state index contributed by atoms with van der Waals surface area (Å²) in [5.41, 5.74) is 23.4. The highest BCUT2D eigenvalue weighted by molar-refractivity contribution is 5.56. The predicted octanol–water partition coefficient (Wildman–Crippen LogP) is 0.431. The molecule has 0 saturated carbocycles. The van der Waals surface area contributed by atoms with Crippen molar-refractivity contribution in [2.24, 2.45) is 0 Å². The fourth-order valence-electron chi connectivity index (χ4n) is 2.82. The van der Waals surface area contributed by atoms with Gasteiger partial charge in [-0.2, -0.15) is 9.97 Å². The molecule has 0 aliphatic carbocycles. The van der Waals surface area contributed by atoms with Gasteiger partial charge in [-0.05, 0) is 19.3 Å². The van der Waals surface area contributed by atoms with Crippen LogP contribution in [0.15, 0.2) is 23.8 Å². The van der Waals surface area contributed by atoms with Crippen LogP contribution in [0.2, 0.25) is 0 Å². The first-order valence-electron chi connectivity index (χ1n) is 8.46. The van der Waals surface area contributed by atoms with Gasteiger partial charge < -0.3 is 27.6 Å². The van der Waals surface area contributed by atoms with Gasteiger partial charge in [0.05, 0.1) is 5.70 Å². The van der Waals surface area contributed by atoms with Crippen LogP contribution in [0.3, 0.4) is 0 Å². The number of anilines is 3. The number of rotatable bonds is 8. The van der Waals surface area contributed by atoms with E-state index in [4.69, 9.17) is 17.2 Å². The van der Waals surface area contributed by atoms with Crippen LogP contribution in [0.1, 0.15) is 38.2 Å². The number of hydrogen-bond acceptors (Lipinski definition) is 9. The van der Waals surface area contributed by atoms with Crippen molar-refractivity contribution in [1.82, 2.24) is 25.7 Å². The van der Waals surface area contributed by atoms with E-state index in [1.807, 2.05) is 0 Å². The fourth-order valence-corrected chi connectivity index (χ4v) is 2.82. The number of nitrogens with zero attached hydrogens (tertiary/aromatic N) is 3. The molecular weight excluding hydrogens is 320 g/mol. The van der Waals surface area contributed by atoms with E-state index in [1.165, 1.54) is 0 Å². The molecule has 1 aromatic rings. The van der Waals surface area contributed by atoms with Crippen molar-refractivity contribution in [3.63, 3.8) is 0 Å². The summed E-state index contributed by atoms with van der Waals surface area (Å²) in [6.07, 6.45) is 3.86. The molecule has 9 N–H and O–H groups in total. The van der Waals surface area contributed by atoms with E-state index in [2.05, 4.69) is 39.2 Å².